The maximum atomic E-state index is 13.7. The van der Waals surface area contributed by atoms with Gasteiger partial charge in [-0.1, -0.05) is 35.9 Å². The maximum absolute atomic E-state index is 13.7. The van der Waals surface area contributed by atoms with Gasteiger partial charge >= 0.3 is 12.4 Å². The van der Waals surface area contributed by atoms with Crippen LogP contribution in [-0.2, 0) is 17.5 Å². The Hall–Kier alpha value is -4.13. The van der Waals surface area contributed by atoms with Crippen molar-refractivity contribution >= 4 is 17.5 Å². The molecule has 1 aliphatic heterocycles. The molecule has 1 aliphatic rings. The molecule has 1 saturated heterocycles. The predicted molar refractivity (Wildman–Crippen MR) is 132 cm³/mol. The van der Waals surface area contributed by atoms with Crippen LogP contribution in [0.3, 0.4) is 0 Å². The third-order valence-corrected chi connectivity index (χ3v) is 6.41. The van der Waals surface area contributed by atoms with Crippen LogP contribution in [-0.4, -0.2) is 27.7 Å². The summed E-state index contributed by atoms with van der Waals surface area (Å²) in [7, 11) is 0. The fourth-order valence-corrected chi connectivity index (χ4v) is 4.40. The second kappa shape index (κ2) is 11.4. The number of hydrogen-bond acceptors (Lipinski definition) is 7. The van der Waals surface area contributed by atoms with Crippen molar-refractivity contribution in [3.05, 3.63) is 86.6 Å². The molecule has 16 heteroatoms. The standard InChI is InChI=1S/C25H19ClF6N6O3/c26-15-5-12(9-33)6-17(7-15)41-19-21(25(30,31)32)35-11-38(23(19)40)10-16-8-18(22(39)37-36-16)13-1-3-14(4-2-13)20(34)24(27,28)29/h1-7,11,16,18,20,36H,8,10,34H2,(H,37,39). The normalized spacial score (nSPS) is 18.4. The first-order chi connectivity index (χ1) is 19.2. The number of nitrogens with two attached hydrogens (primary N) is 1. The summed E-state index contributed by atoms with van der Waals surface area (Å²) in [6.07, 6.45) is -9.01. The molecule has 3 aromatic rings. The summed E-state index contributed by atoms with van der Waals surface area (Å²) in [5.74, 6) is -2.82. The highest BCUT2D eigenvalue weighted by Gasteiger charge is 2.40. The molecule has 0 radical (unpaired) electrons. The molecule has 2 heterocycles. The monoisotopic (exact) mass is 600 g/mol. The zero-order chi connectivity index (χ0) is 30.1. The Kier molecular flexibility index (Phi) is 8.29. The number of halogens is 7. The van der Waals surface area contributed by atoms with Gasteiger partial charge in [0.1, 0.15) is 11.8 Å². The minimum absolute atomic E-state index is 0.0153. The lowest BCUT2D eigenvalue weighted by Gasteiger charge is -2.31. The molecule has 4 rings (SSSR count). The lowest BCUT2D eigenvalue weighted by Crippen LogP contribution is -2.54. The summed E-state index contributed by atoms with van der Waals surface area (Å²) < 4.78 is 85.9. The molecule has 0 spiro atoms. The first kappa shape index (κ1) is 29.8. The van der Waals surface area contributed by atoms with Crippen molar-refractivity contribution in [3.8, 4) is 17.6 Å². The highest BCUT2D eigenvalue weighted by atomic mass is 35.5. The Morgan fingerprint density at radius 2 is 1.83 bits per heavy atom. The molecule has 216 valence electrons. The topological polar surface area (TPSA) is 135 Å². The molecule has 0 aliphatic carbocycles. The van der Waals surface area contributed by atoms with Crippen LogP contribution in [0.2, 0.25) is 5.02 Å². The number of nitrogens with one attached hydrogen (secondary N) is 2. The van der Waals surface area contributed by atoms with Crippen LogP contribution in [0.25, 0.3) is 0 Å². The third-order valence-electron chi connectivity index (χ3n) is 6.19. The maximum Gasteiger partial charge on any atom is 0.437 e. The first-order valence-electron chi connectivity index (χ1n) is 11.7. The largest absolute Gasteiger partial charge is 0.449 e. The fourth-order valence-electron chi connectivity index (χ4n) is 4.18. The number of rotatable bonds is 6. The van der Waals surface area contributed by atoms with E-state index in [1.807, 2.05) is 0 Å². The Morgan fingerprint density at radius 3 is 2.44 bits per heavy atom. The van der Waals surface area contributed by atoms with Gasteiger partial charge in [-0.25, -0.2) is 10.4 Å². The van der Waals surface area contributed by atoms with Crippen molar-refractivity contribution in [2.45, 2.75) is 43.3 Å². The number of nitrogens with zero attached hydrogens (tertiary/aromatic N) is 3. The molecule has 1 amide bonds. The van der Waals surface area contributed by atoms with Gasteiger partial charge in [0.15, 0.2) is 5.69 Å². The van der Waals surface area contributed by atoms with Gasteiger partial charge in [0.25, 0.3) is 5.56 Å². The van der Waals surface area contributed by atoms with Crippen LogP contribution in [0.15, 0.2) is 53.6 Å². The van der Waals surface area contributed by atoms with Gasteiger partial charge < -0.3 is 10.5 Å². The molecule has 3 atom stereocenters. The van der Waals surface area contributed by atoms with E-state index < -0.39 is 53.3 Å². The SMILES string of the molecule is N#Cc1cc(Cl)cc(Oc2c(C(F)(F)F)ncn(CC3CC(c4ccc(C(N)C(F)(F)F)cc4)C(=O)NN3)c2=O)c1. The quantitative estimate of drug-likeness (QED) is 0.359. The van der Waals surface area contributed by atoms with Crippen LogP contribution >= 0.6 is 11.6 Å². The van der Waals surface area contributed by atoms with Crippen LogP contribution < -0.4 is 26.9 Å². The number of amides is 1. The summed E-state index contributed by atoms with van der Waals surface area (Å²) in [5.41, 5.74) is 7.61. The summed E-state index contributed by atoms with van der Waals surface area (Å²) in [4.78, 5) is 29.0. The molecule has 1 aromatic heterocycles. The average Bonchev–Trinajstić information content (AvgIpc) is 2.90. The smallest absolute Gasteiger partial charge is 0.437 e. The van der Waals surface area contributed by atoms with Crippen molar-refractivity contribution in [1.82, 2.24) is 20.4 Å². The summed E-state index contributed by atoms with van der Waals surface area (Å²) >= 11 is 5.89. The highest BCUT2D eigenvalue weighted by molar-refractivity contribution is 6.30. The first-order valence-corrected chi connectivity index (χ1v) is 12.1. The fraction of sp³-hybridized carbons (Fsp3) is 0.280. The number of ether oxygens (including phenoxy) is 1. The van der Waals surface area contributed by atoms with Crippen LogP contribution in [0.5, 0.6) is 11.5 Å². The van der Waals surface area contributed by atoms with E-state index in [0.29, 0.717) is 11.9 Å². The number of benzene rings is 2. The lowest BCUT2D eigenvalue weighted by atomic mass is 9.89. The van der Waals surface area contributed by atoms with Gasteiger partial charge in [-0.3, -0.25) is 19.6 Å². The zero-order valence-corrected chi connectivity index (χ0v) is 21.3. The van der Waals surface area contributed by atoms with Gasteiger partial charge in [-0.15, -0.1) is 0 Å². The number of carbonyl (C=O) groups is 1. The van der Waals surface area contributed by atoms with Crippen molar-refractivity contribution < 1.29 is 35.9 Å². The van der Waals surface area contributed by atoms with Crippen LogP contribution in [0, 0.1) is 11.3 Å². The van der Waals surface area contributed by atoms with Crippen molar-refractivity contribution in [2.75, 3.05) is 0 Å². The molecule has 1 fully saturated rings. The van der Waals surface area contributed by atoms with Gasteiger partial charge in [0.2, 0.25) is 11.7 Å². The van der Waals surface area contributed by atoms with E-state index in [2.05, 4.69) is 15.8 Å². The Labute approximate surface area is 232 Å². The van der Waals surface area contributed by atoms with E-state index >= 15 is 0 Å². The molecule has 0 saturated carbocycles. The van der Waals surface area contributed by atoms with Crippen LogP contribution in [0.1, 0.15) is 40.8 Å². The van der Waals surface area contributed by atoms with E-state index in [1.54, 1.807) is 6.07 Å². The molecule has 0 bridgehead atoms. The third kappa shape index (κ3) is 6.79. The number of hydrazine groups is 1. The van der Waals surface area contributed by atoms with Gasteiger partial charge in [0.05, 0.1) is 23.9 Å². The zero-order valence-electron chi connectivity index (χ0n) is 20.6. The van der Waals surface area contributed by atoms with Crippen molar-refractivity contribution in [1.29, 1.82) is 5.26 Å². The Bertz CT molecular complexity index is 1550. The Balaban J connectivity index is 1.60. The van der Waals surface area contributed by atoms with E-state index in [9.17, 15) is 35.9 Å². The Morgan fingerprint density at radius 1 is 1.15 bits per heavy atom. The number of nitriles is 1. The van der Waals surface area contributed by atoms with Gasteiger partial charge in [0, 0.05) is 17.6 Å². The second-order valence-corrected chi connectivity index (χ2v) is 9.51. The summed E-state index contributed by atoms with van der Waals surface area (Å²) in [6, 6.07) is 7.27. The molecule has 3 unspecified atom stereocenters. The molecule has 4 N–H and O–H groups in total. The van der Waals surface area contributed by atoms with E-state index in [1.165, 1.54) is 18.2 Å². The minimum atomic E-state index is -5.06. The average molecular weight is 601 g/mol. The highest BCUT2D eigenvalue weighted by Crippen LogP contribution is 2.36. The molecular formula is C25H19ClF6N6O3. The predicted octanol–water partition coefficient (Wildman–Crippen LogP) is 4.32. The lowest BCUT2D eigenvalue weighted by molar-refractivity contribution is -0.149. The molecule has 2 aromatic carbocycles. The van der Waals surface area contributed by atoms with Gasteiger partial charge in [-0.2, -0.15) is 31.6 Å². The van der Waals surface area contributed by atoms with E-state index in [-0.39, 0.29) is 34.9 Å². The van der Waals surface area contributed by atoms with Crippen LogP contribution in [0.4, 0.5) is 26.3 Å². The van der Waals surface area contributed by atoms with Crippen molar-refractivity contribution in [3.63, 3.8) is 0 Å². The van der Waals surface area contributed by atoms with Gasteiger partial charge in [-0.05, 0) is 35.7 Å². The second-order valence-electron chi connectivity index (χ2n) is 9.07. The number of aromatic nitrogens is 2. The molecular weight excluding hydrogens is 582 g/mol. The molecule has 9 nitrogen and oxygen atoms in total. The summed E-state index contributed by atoms with van der Waals surface area (Å²) in [6.45, 7) is -0.271. The summed E-state index contributed by atoms with van der Waals surface area (Å²) in [5, 5.41) is 9.08. The minimum Gasteiger partial charge on any atom is -0.449 e. The van der Waals surface area contributed by atoms with E-state index in [4.69, 9.17) is 27.3 Å². The van der Waals surface area contributed by atoms with E-state index in [0.717, 1.165) is 28.8 Å². The number of hydrogen-bond donors (Lipinski definition) is 3. The van der Waals surface area contributed by atoms with Crippen molar-refractivity contribution in [2.24, 2.45) is 5.73 Å². The number of carbonyl (C=O) groups excluding carboxylic acids is 1. The molecule has 41 heavy (non-hydrogen) atoms. The number of alkyl halides is 6.